The van der Waals surface area contributed by atoms with Crippen LogP contribution in [0.15, 0.2) is 28.6 Å². The van der Waals surface area contributed by atoms with Gasteiger partial charge in [0.05, 0.1) is 0 Å². The zero-order valence-electron chi connectivity index (χ0n) is 7.40. The van der Waals surface area contributed by atoms with Crippen LogP contribution in [0.4, 0.5) is 4.39 Å². The molecule has 14 heavy (non-hydrogen) atoms. The molecule has 0 radical (unpaired) electrons. The summed E-state index contributed by atoms with van der Waals surface area (Å²) >= 11 is 3.07. The third-order valence-corrected chi connectivity index (χ3v) is 3.62. The third-order valence-electron chi connectivity index (χ3n) is 1.67. The molecule has 0 unspecified atom stereocenters. The lowest BCUT2D eigenvalue weighted by Gasteiger charge is -1.93. The molecule has 0 N–H and O–H groups in total. The van der Waals surface area contributed by atoms with E-state index in [1.54, 1.807) is 23.9 Å². The first-order valence-corrected chi connectivity index (χ1v) is 5.97. The maximum absolute atomic E-state index is 12.6. The highest BCUT2D eigenvalue weighted by Gasteiger charge is 2.05. The summed E-state index contributed by atoms with van der Waals surface area (Å²) in [5.74, 6) is -0.233. The van der Waals surface area contributed by atoms with Gasteiger partial charge in [-0.3, -0.25) is 0 Å². The predicted molar refractivity (Wildman–Crippen MR) is 57.1 cm³/mol. The van der Waals surface area contributed by atoms with Gasteiger partial charge in [0.2, 0.25) is 0 Å². The summed E-state index contributed by atoms with van der Waals surface area (Å²) in [6, 6.07) is 6.27. The minimum Gasteiger partial charge on any atom is -0.207 e. The van der Waals surface area contributed by atoms with Crippen molar-refractivity contribution in [3.8, 4) is 10.6 Å². The second kappa shape index (κ2) is 4.06. The quantitative estimate of drug-likeness (QED) is 0.736. The average Bonchev–Trinajstić information content (AvgIpc) is 2.67. The lowest BCUT2D eigenvalue weighted by atomic mass is 10.2. The minimum atomic E-state index is -0.233. The molecule has 0 aliphatic carbocycles. The van der Waals surface area contributed by atoms with Crippen LogP contribution in [0.3, 0.4) is 0 Å². The van der Waals surface area contributed by atoms with Crippen molar-refractivity contribution in [1.82, 2.24) is 10.2 Å². The fourth-order valence-corrected chi connectivity index (χ4v) is 2.28. The molecule has 72 valence electrons. The average molecular weight is 226 g/mol. The van der Waals surface area contributed by atoms with E-state index < -0.39 is 0 Å². The zero-order valence-corrected chi connectivity index (χ0v) is 9.03. The van der Waals surface area contributed by atoms with E-state index in [9.17, 15) is 4.39 Å². The molecular weight excluding hydrogens is 219 g/mol. The second-order valence-electron chi connectivity index (χ2n) is 2.58. The Morgan fingerprint density at radius 3 is 2.50 bits per heavy atom. The standard InChI is InChI=1S/C9H7FN2S2/c1-13-9-12-11-8(14-9)6-2-4-7(10)5-3-6/h2-5H,1H3. The molecule has 0 saturated heterocycles. The smallest absolute Gasteiger partial charge is 0.174 e. The number of nitrogens with zero attached hydrogens (tertiary/aromatic N) is 2. The van der Waals surface area contributed by atoms with Crippen LogP contribution < -0.4 is 0 Å². The Labute approximate surface area is 89.2 Å². The van der Waals surface area contributed by atoms with Crippen LogP contribution in [0.25, 0.3) is 10.6 Å². The highest BCUT2D eigenvalue weighted by atomic mass is 32.2. The van der Waals surface area contributed by atoms with Gasteiger partial charge in [0, 0.05) is 5.56 Å². The number of hydrogen-bond acceptors (Lipinski definition) is 4. The normalized spacial score (nSPS) is 10.4. The SMILES string of the molecule is CSc1nnc(-c2ccc(F)cc2)s1. The lowest BCUT2D eigenvalue weighted by molar-refractivity contribution is 0.628. The minimum absolute atomic E-state index is 0.233. The van der Waals surface area contributed by atoms with Gasteiger partial charge in [-0.25, -0.2) is 4.39 Å². The van der Waals surface area contributed by atoms with Gasteiger partial charge >= 0.3 is 0 Å². The molecule has 1 heterocycles. The van der Waals surface area contributed by atoms with Gasteiger partial charge in [-0.1, -0.05) is 23.1 Å². The van der Waals surface area contributed by atoms with Crippen LogP contribution in [-0.4, -0.2) is 16.5 Å². The van der Waals surface area contributed by atoms with Crippen LogP contribution in [0, 0.1) is 5.82 Å². The Hall–Kier alpha value is -0.940. The van der Waals surface area contributed by atoms with Crippen molar-refractivity contribution in [2.75, 3.05) is 6.26 Å². The van der Waals surface area contributed by atoms with Gasteiger partial charge < -0.3 is 0 Å². The number of hydrogen-bond donors (Lipinski definition) is 0. The van der Waals surface area contributed by atoms with E-state index in [2.05, 4.69) is 10.2 Å². The molecule has 2 nitrogen and oxygen atoms in total. The summed E-state index contributed by atoms with van der Waals surface area (Å²) in [6.45, 7) is 0. The van der Waals surface area contributed by atoms with Crippen molar-refractivity contribution in [3.05, 3.63) is 30.1 Å². The Morgan fingerprint density at radius 2 is 1.93 bits per heavy atom. The summed E-state index contributed by atoms with van der Waals surface area (Å²) < 4.78 is 13.6. The molecule has 1 aromatic carbocycles. The van der Waals surface area contributed by atoms with E-state index >= 15 is 0 Å². The van der Waals surface area contributed by atoms with E-state index in [0.717, 1.165) is 14.9 Å². The molecule has 0 fully saturated rings. The number of thioether (sulfide) groups is 1. The van der Waals surface area contributed by atoms with Crippen LogP contribution in [0.5, 0.6) is 0 Å². The first kappa shape index (κ1) is 9.61. The Kier molecular flexibility index (Phi) is 2.79. The molecule has 0 saturated carbocycles. The van der Waals surface area contributed by atoms with E-state index in [0.29, 0.717) is 0 Å². The first-order valence-electron chi connectivity index (χ1n) is 3.93. The number of rotatable bonds is 2. The lowest BCUT2D eigenvalue weighted by Crippen LogP contribution is -1.77. The molecule has 0 aliphatic rings. The molecule has 5 heteroatoms. The van der Waals surface area contributed by atoms with Gasteiger partial charge in [0.25, 0.3) is 0 Å². The van der Waals surface area contributed by atoms with Gasteiger partial charge in [0.1, 0.15) is 10.8 Å². The largest absolute Gasteiger partial charge is 0.207 e. The maximum atomic E-state index is 12.6. The van der Waals surface area contributed by atoms with Gasteiger partial charge in [-0.05, 0) is 30.5 Å². The first-order chi connectivity index (χ1) is 6.79. The van der Waals surface area contributed by atoms with Crippen molar-refractivity contribution in [1.29, 1.82) is 0 Å². The summed E-state index contributed by atoms with van der Waals surface area (Å²) in [6.07, 6.45) is 1.95. The van der Waals surface area contributed by atoms with Gasteiger partial charge in [0.15, 0.2) is 4.34 Å². The fourth-order valence-electron chi connectivity index (χ4n) is 1.00. The van der Waals surface area contributed by atoms with E-state index in [4.69, 9.17) is 0 Å². The molecule has 2 rings (SSSR count). The topological polar surface area (TPSA) is 25.8 Å². The second-order valence-corrected chi connectivity index (χ2v) is 4.62. The number of aromatic nitrogens is 2. The highest BCUT2D eigenvalue weighted by Crippen LogP contribution is 2.27. The summed E-state index contributed by atoms with van der Waals surface area (Å²) in [7, 11) is 0. The van der Waals surface area contributed by atoms with Crippen molar-refractivity contribution >= 4 is 23.1 Å². The molecule has 0 aliphatic heterocycles. The van der Waals surface area contributed by atoms with E-state index in [1.807, 2.05) is 6.26 Å². The molecule has 2 aromatic rings. The Morgan fingerprint density at radius 1 is 1.21 bits per heavy atom. The molecule has 1 aromatic heterocycles. The molecule has 0 spiro atoms. The van der Waals surface area contributed by atoms with Crippen molar-refractivity contribution in [2.45, 2.75) is 4.34 Å². The predicted octanol–water partition coefficient (Wildman–Crippen LogP) is 3.07. The van der Waals surface area contributed by atoms with Gasteiger partial charge in [-0.2, -0.15) is 0 Å². The van der Waals surface area contributed by atoms with Crippen LogP contribution in [0.1, 0.15) is 0 Å². The van der Waals surface area contributed by atoms with Gasteiger partial charge in [-0.15, -0.1) is 10.2 Å². The van der Waals surface area contributed by atoms with Crippen LogP contribution in [-0.2, 0) is 0 Å². The van der Waals surface area contributed by atoms with E-state index in [1.165, 1.54) is 23.5 Å². The number of benzene rings is 1. The Balaban J connectivity index is 2.34. The van der Waals surface area contributed by atoms with Crippen LogP contribution in [0.2, 0.25) is 0 Å². The van der Waals surface area contributed by atoms with E-state index in [-0.39, 0.29) is 5.82 Å². The summed E-state index contributed by atoms with van der Waals surface area (Å²) in [4.78, 5) is 0. The number of halogens is 1. The van der Waals surface area contributed by atoms with Crippen molar-refractivity contribution in [3.63, 3.8) is 0 Å². The maximum Gasteiger partial charge on any atom is 0.174 e. The molecule has 0 bridgehead atoms. The van der Waals surface area contributed by atoms with Crippen molar-refractivity contribution < 1.29 is 4.39 Å². The highest BCUT2D eigenvalue weighted by molar-refractivity contribution is 8.00. The molecular formula is C9H7FN2S2. The third kappa shape index (κ3) is 1.93. The fraction of sp³-hybridized carbons (Fsp3) is 0.111. The zero-order chi connectivity index (χ0) is 9.97. The Bertz CT molecular complexity index is 425. The monoisotopic (exact) mass is 226 g/mol. The summed E-state index contributed by atoms with van der Waals surface area (Å²) in [5.41, 5.74) is 0.907. The molecule has 0 amide bonds. The van der Waals surface area contributed by atoms with Crippen molar-refractivity contribution in [2.24, 2.45) is 0 Å². The van der Waals surface area contributed by atoms with Crippen LogP contribution >= 0.6 is 23.1 Å². The molecule has 0 atom stereocenters. The summed E-state index contributed by atoms with van der Waals surface area (Å²) in [5, 5.41) is 8.81.